The van der Waals surface area contributed by atoms with Crippen LogP contribution in [0, 0.1) is 24.1 Å². The van der Waals surface area contributed by atoms with Gasteiger partial charge >= 0.3 is 0 Å². The van der Waals surface area contributed by atoms with Crippen LogP contribution in [0.15, 0.2) is 84.0 Å². The number of rotatable bonds is 8. The zero-order valence-electron chi connectivity index (χ0n) is 21.8. The molecular weight excluding hydrogens is 513 g/mol. The summed E-state index contributed by atoms with van der Waals surface area (Å²) in [5, 5.41) is 15.8. The summed E-state index contributed by atoms with van der Waals surface area (Å²) in [5.74, 6) is -0.0324. The van der Waals surface area contributed by atoms with Crippen LogP contribution in [0.3, 0.4) is 0 Å². The Balaban J connectivity index is 1.40. The normalized spacial score (nSPS) is 22.4. The standard InChI is InChI=1S/C30H30FN5O2S/c1-3-35-14-13-28(34-35)39(37,38)36-18-26-29(21-7-5-4-6-8-21)30(26,19-36)25-16-22(17-32)27(15-20(25)2)33-24-11-9-23(31)10-12-24/h4-17,26,29,32-33H,3,18-19H2,1-2H3/t26-,29-,30+/m1/s1. The molecular formula is C30H30FN5O2S. The highest BCUT2D eigenvalue weighted by Gasteiger charge is 2.71. The number of anilines is 2. The van der Waals surface area contributed by atoms with Gasteiger partial charge in [0.25, 0.3) is 10.0 Å². The molecule has 1 aromatic heterocycles. The van der Waals surface area contributed by atoms with Crippen LogP contribution in [0.5, 0.6) is 0 Å². The number of hydrogen-bond acceptors (Lipinski definition) is 5. The van der Waals surface area contributed by atoms with Gasteiger partial charge in [-0.15, -0.1) is 0 Å². The van der Waals surface area contributed by atoms with Crippen molar-refractivity contribution in [3.8, 4) is 0 Å². The van der Waals surface area contributed by atoms with Crippen LogP contribution in [0.4, 0.5) is 15.8 Å². The minimum atomic E-state index is -3.75. The number of halogens is 1. The third kappa shape index (κ3) is 4.17. The summed E-state index contributed by atoms with van der Waals surface area (Å²) in [6.45, 7) is 5.32. The number of hydrogen-bond donors (Lipinski definition) is 2. The molecule has 39 heavy (non-hydrogen) atoms. The van der Waals surface area contributed by atoms with Crippen molar-refractivity contribution in [1.29, 1.82) is 5.41 Å². The molecule has 1 saturated heterocycles. The maximum atomic E-state index is 13.6. The summed E-state index contributed by atoms with van der Waals surface area (Å²) < 4.78 is 43.8. The first-order valence-corrected chi connectivity index (χ1v) is 14.5. The number of aryl methyl sites for hydroxylation is 2. The third-order valence-corrected chi connectivity index (χ3v) is 9.93. The van der Waals surface area contributed by atoms with Gasteiger partial charge in [0, 0.05) is 60.3 Å². The van der Waals surface area contributed by atoms with E-state index in [1.807, 2.05) is 44.2 Å². The molecule has 4 aromatic rings. The van der Waals surface area contributed by atoms with Gasteiger partial charge in [-0.1, -0.05) is 30.3 Å². The largest absolute Gasteiger partial charge is 0.355 e. The van der Waals surface area contributed by atoms with Crippen molar-refractivity contribution in [2.45, 2.75) is 36.8 Å². The molecule has 0 unspecified atom stereocenters. The fraction of sp³-hybridized carbons (Fsp3) is 0.267. The van der Waals surface area contributed by atoms with Crippen LogP contribution >= 0.6 is 0 Å². The Bertz CT molecular complexity index is 1650. The molecule has 0 bridgehead atoms. The van der Waals surface area contributed by atoms with Gasteiger partial charge < -0.3 is 10.7 Å². The molecule has 1 saturated carbocycles. The van der Waals surface area contributed by atoms with E-state index in [0.717, 1.165) is 22.5 Å². The SMILES string of the molecule is CCn1ccc(S(=O)(=O)N2C[C@@H]3[C@@H](c4ccccc4)[C@]3(c3cc(C=N)c(Nc4ccc(F)cc4)cc3C)C2)n1. The van der Waals surface area contributed by atoms with Crippen LogP contribution in [0.1, 0.15) is 35.1 Å². The van der Waals surface area contributed by atoms with Crippen LogP contribution in [0.25, 0.3) is 0 Å². The Hall–Kier alpha value is -3.82. The zero-order valence-corrected chi connectivity index (χ0v) is 22.6. The van der Waals surface area contributed by atoms with Gasteiger partial charge in [0.1, 0.15) is 5.82 Å². The fourth-order valence-corrected chi connectivity index (χ4v) is 7.78. The maximum Gasteiger partial charge on any atom is 0.262 e. The molecule has 2 fully saturated rings. The van der Waals surface area contributed by atoms with Crippen molar-refractivity contribution < 1.29 is 12.8 Å². The number of piperidine rings is 1. The van der Waals surface area contributed by atoms with Crippen LogP contribution in [0.2, 0.25) is 0 Å². The first-order chi connectivity index (χ1) is 18.8. The lowest BCUT2D eigenvalue weighted by Crippen LogP contribution is -2.35. The van der Waals surface area contributed by atoms with Crippen LogP contribution in [-0.4, -0.2) is 41.8 Å². The maximum absolute atomic E-state index is 13.6. The van der Waals surface area contributed by atoms with Gasteiger partial charge in [-0.3, -0.25) is 4.68 Å². The Kier molecular flexibility index (Phi) is 6.15. The second-order valence-electron chi connectivity index (χ2n) is 10.4. The number of fused-ring (bicyclic) bond motifs is 1. The van der Waals surface area contributed by atoms with E-state index in [9.17, 15) is 12.8 Å². The molecule has 1 aliphatic carbocycles. The van der Waals surface area contributed by atoms with E-state index >= 15 is 0 Å². The molecule has 2 N–H and O–H groups in total. The molecule has 200 valence electrons. The fourth-order valence-electron chi connectivity index (χ4n) is 6.34. The molecule has 3 aromatic carbocycles. The smallest absolute Gasteiger partial charge is 0.262 e. The molecule has 2 heterocycles. The summed E-state index contributed by atoms with van der Waals surface area (Å²) in [5.41, 5.74) is 5.02. The molecule has 9 heteroatoms. The second-order valence-corrected chi connectivity index (χ2v) is 12.3. The highest BCUT2D eigenvalue weighted by molar-refractivity contribution is 7.89. The molecule has 1 aliphatic heterocycles. The number of aromatic nitrogens is 2. The van der Waals surface area contributed by atoms with Crippen LogP contribution < -0.4 is 5.32 Å². The molecule has 0 spiro atoms. The summed E-state index contributed by atoms with van der Waals surface area (Å²) in [6, 6.07) is 22.0. The number of nitrogens with zero attached hydrogens (tertiary/aromatic N) is 3. The highest BCUT2D eigenvalue weighted by Crippen LogP contribution is 2.70. The van der Waals surface area contributed by atoms with Gasteiger partial charge in [-0.25, -0.2) is 12.8 Å². The lowest BCUT2D eigenvalue weighted by Gasteiger charge is -2.25. The van der Waals surface area contributed by atoms with E-state index in [2.05, 4.69) is 22.5 Å². The Morgan fingerprint density at radius 1 is 1.13 bits per heavy atom. The van der Waals surface area contributed by atoms with Gasteiger partial charge in [0.15, 0.2) is 5.03 Å². The van der Waals surface area contributed by atoms with E-state index in [4.69, 9.17) is 5.41 Å². The van der Waals surface area contributed by atoms with Crippen molar-refractivity contribution in [3.63, 3.8) is 0 Å². The summed E-state index contributed by atoms with van der Waals surface area (Å²) in [4.78, 5) is 0. The quantitative estimate of drug-likeness (QED) is 0.289. The first-order valence-electron chi connectivity index (χ1n) is 13.0. The molecule has 0 radical (unpaired) electrons. The average molecular weight is 544 g/mol. The summed E-state index contributed by atoms with van der Waals surface area (Å²) in [7, 11) is -3.75. The van der Waals surface area contributed by atoms with Crippen molar-refractivity contribution in [2.24, 2.45) is 5.92 Å². The molecule has 6 rings (SSSR count). The second kappa shape index (κ2) is 9.43. The number of sulfonamides is 1. The predicted molar refractivity (Wildman–Crippen MR) is 150 cm³/mol. The molecule has 0 amide bonds. The minimum Gasteiger partial charge on any atom is -0.355 e. The van der Waals surface area contributed by atoms with E-state index in [1.54, 1.807) is 33.4 Å². The topological polar surface area (TPSA) is 91.1 Å². The van der Waals surface area contributed by atoms with Gasteiger partial charge in [-0.05, 0) is 78.9 Å². The number of nitrogens with one attached hydrogen (secondary N) is 2. The Morgan fingerprint density at radius 3 is 2.54 bits per heavy atom. The van der Waals surface area contributed by atoms with Crippen molar-refractivity contribution >= 4 is 27.6 Å². The molecule has 3 atom stereocenters. The summed E-state index contributed by atoms with van der Waals surface area (Å²) in [6.07, 6.45) is 3.00. The van der Waals surface area contributed by atoms with E-state index < -0.39 is 15.4 Å². The Morgan fingerprint density at radius 2 is 1.87 bits per heavy atom. The van der Waals surface area contributed by atoms with Gasteiger partial charge in [0.05, 0.1) is 0 Å². The summed E-state index contributed by atoms with van der Waals surface area (Å²) >= 11 is 0. The van der Waals surface area contributed by atoms with Crippen molar-refractivity contribution in [3.05, 3.63) is 107 Å². The van der Waals surface area contributed by atoms with Crippen LogP contribution in [-0.2, 0) is 22.0 Å². The first kappa shape index (κ1) is 25.5. The highest BCUT2D eigenvalue weighted by atomic mass is 32.2. The zero-order chi connectivity index (χ0) is 27.4. The van der Waals surface area contributed by atoms with Crippen molar-refractivity contribution in [2.75, 3.05) is 18.4 Å². The molecule has 7 nitrogen and oxygen atoms in total. The number of benzene rings is 3. The monoisotopic (exact) mass is 543 g/mol. The van der Waals surface area contributed by atoms with Gasteiger partial charge in [0.2, 0.25) is 0 Å². The minimum absolute atomic E-state index is 0.0767. The van der Waals surface area contributed by atoms with E-state index in [-0.39, 0.29) is 22.7 Å². The third-order valence-electron chi connectivity index (χ3n) is 8.23. The molecule has 2 aliphatic rings. The average Bonchev–Trinajstić information content (AvgIpc) is 3.26. The van der Waals surface area contributed by atoms with Gasteiger partial charge in [-0.2, -0.15) is 9.40 Å². The van der Waals surface area contributed by atoms with Crippen molar-refractivity contribution in [1.82, 2.24) is 14.1 Å². The Labute approximate surface area is 227 Å². The van der Waals surface area contributed by atoms with E-state index in [0.29, 0.717) is 25.2 Å². The predicted octanol–water partition coefficient (Wildman–Crippen LogP) is 5.45. The lowest BCUT2D eigenvalue weighted by molar-refractivity contribution is 0.418. The van der Waals surface area contributed by atoms with E-state index in [1.165, 1.54) is 23.9 Å². The lowest BCUT2D eigenvalue weighted by atomic mass is 9.86.